The van der Waals surface area contributed by atoms with Crippen molar-refractivity contribution < 1.29 is 13.4 Å². The van der Waals surface area contributed by atoms with Crippen LogP contribution in [0, 0.1) is 12.7 Å². The molecule has 1 aliphatic rings. The number of hydrogen-bond donors (Lipinski definition) is 0. The molecule has 6 rings (SSSR count). The van der Waals surface area contributed by atoms with Gasteiger partial charge in [0.25, 0.3) is 0 Å². The van der Waals surface area contributed by atoms with Gasteiger partial charge < -0.3 is 4.42 Å². The van der Waals surface area contributed by atoms with Crippen LogP contribution in [-0.2, 0) is 7.05 Å². The summed E-state index contributed by atoms with van der Waals surface area (Å²) in [5.74, 6) is 0.391. The van der Waals surface area contributed by atoms with E-state index in [4.69, 9.17) is 4.42 Å². The van der Waals surface area contributed by atoms with Crippen molar-refractivity contribution in [2.45, 2.75) is 38.5 Å². The van der Waals surface area contributed by atoms with Crippen LogP contribution in [0.5, 0.6) is 0 Å². The molecule has 33 heavy (non-hydrogen) atoms. The van der Waals surface area contributed by atoms with Gasteiger partial charge in [0.05, 0.1) is 11.1 Å². The molecule has 1 fully saturated rings. The molecule has 0 N–H and O–H groups in total. The second kappa shape index (κ2) is 7.84. The van der Waals surface area contributed by atoms with Crippen LogP contribution in [0.4, 0.5) is 4.39 Å². The number of halogens is 1. The van der Waals surface area contributed by atoms with E-state index < -0.39 is 0 Å². The fourth-order valence-corrected chi connectivity index (χ4v) is 5.53. The number of pyridine rings is 1. The first-order chi connectivity index (χ1) is 16.1. The molecule has 164 valence electrons. The number of fused-ring (bicyclic) bond motifs is 3. The number of nitrogens with zero attached hydrogens (tertiary/aromatic N) is 1. The van der Waals surface area contributed by atoms with E-state index in [0.717, 1.165) is 38.7 Å². The summed E-state index contributed by atoms with van der Waals surface area (Å²) in [6.45, 7) is 2.10. The highest BCUT2D eigenvalue weighted by atomic mass is 19.1. The lowest BCUT2D eigenvalue weighted by Crippen LogP contribution is -2.30. The summed E-state index contributed by atoms with van der Waals surface area (Å²) in [6, 6.07) is 22.2. The average Bonchev–Trinajstić information content (AvgIpc) is 3.48. The minimum Gasteiger partial charge on any atom is -0.454 e. The molecule has 5 aromatic rings. The summed E-state index contributed by atoms with van der Waals surface area (Å²) < 4.78 is 23.9. The standard InChI is InChI=1S/C30H27FNO/c1-19-10-15-23-24-16-17-25(31)28(22-13-11-21(12-14-22)20-7-3-4-8-20)30(24)33-29(23)27(19)26-9-5-6-18-32(26)2/h5-6,9-18,20H,3-4,7-8H2,1-2H3/q+1. The van der Waals surface area contributed by atoms with Crippen LogP contribution in [0.2, 0.25) is 0 Å². The first-order valence-corrected chi connectivity index (χ1v) is 11.8. The van der Waals surface area contributed by atoms with Crippen molar-refractivity contribution >= 4 is 21.9 Å². The SMILES string of the molecule is Cc1ccc2c(oc3c(-c4ccc(C5CCCC5)cc4)c(F)ccc32)c1-c1cccc[n+]1C. The van der Waals surface area contributed by atoms with Crippen LogP contribution < -0.4 is 4.57 Å². The maximum atomic E-state index is 15.2. The van der Waals surface area contributed by atoms with Gasteiger partial charge in [0.1, 0.15) is 24.0 Å². The van der Waals surface area contributed by atoms with Gasteiger partial charge >= 0.3 is 0 Å². The number of hydrogen-bond acceptors (Lipinski definition) is 1. The fourth-order valence-electron chi connectivity index (χ4n) is 5.53. The molecule has 0 bridgehead atoms. The first kappa shape index (κ1) is 20.2. The molecule has 1 saturated carbocycles. The Morgan fingerprint density at radius 3 is 2.24 bits per heavy atom. The number of aryl methyl sites for hydroxylation is 2. The van der Waals surface area contributed by atoms with Crippen LogP contribution in [0.3, 0.4) is 0 Å². The highest BCUT2D eigenvalue weighted by Gasteiger charge is 2.23. The molecule has 0 saturated heterocycles. The lowest BCUT2D eigenvalue weighted by atomic mass is 9.94. The van der Waals surface area contributed by atoms with Gasteiger partial charge in [-0.3, -0.25) is 0 Å². The number of rotatable bonds is 3. The van der Waals surface area contributed by atoms with Crippen molar-refractivity contribution in [3.8, 4) is 22.4 Å². The van der Waals surface area contributed by atoms with Gasteiger partial charge in [-0.1, -0.05) is 49.2 Å². The molecule has 2 heterocycles. The molecule has 2 nitrogen and oxygen atoms in total. The highest BCUT2D eigenvalue weighted by Crippen LogP contribution is 2.42. The molecular formula is C30H27FNO+. The van der Waals surface area contributed by atoms with E-state index in [2.05, 4.69) is 54.0 Å². The van der Waals surface area contributed by atoms with E-state index in [-0.39, 0.29) is 5.82 Å². The second-order valence-corrected chi connectivity index (χ2v) is 9.34. The molecule has 0 unspecified atom stereocenters. The van der Waals surface area contributed by atoms with Crippen molar-refractivity contribution in [2.75, 3.05) is 0 Å². The molecule has 2 aromatic heterocycles. The summed E-state index contributed by atoms with van der Waals surface area (Å²) >= 11 is 0. The molecule has 0 aliphatic heterocycles. The van der Waals surface area contributed by atoms with Gasteiger partial charge in [0, 0.05) is 22.9 Å². The zero-order valence-electron chi connectivity index (χ0n) is 19.1. The van der Waals surface area contributed by atoms with E-state index in [0.29, 0.717) is 17.1 Å². The Labute approximate surface area is 193 Å². The monoisotopic (exact) mass is 436 g/mol. The molecule has 0 spiro atoms. The van der Waals surface area contributed by atoms with Gasteiger partial charge in [-0.15, -0.1) is 0 Å². The van der Waals surface area contributed by atoms with Crippen molar-refractivity contribution in [1.82, 2.24) is 0 Å². The van der Waals surface area contributed by atoms with Crippen molar-refractivity contribution in [3.05, 3.63) is 89.9 Å². The Morgan fingerprint density at radius 1 is 0.818 bits per heavy atom. The third kappa shape index (κ3) is 3.26. The van der Waals surface area contributed by atoms with E-state index in [1.165, 1.54) is 31.2 Å². The van der Waals surface area contributed by atoms with E-state index >= 15 is 4.39 Å². The summed E-state index contributed by atoms with van der Waals surface area (Å²) in [6.07, 6.45) is 7.16. The van der Waals surface area contributed by atoms with Gasteiger partial charge in [0.15, 0.2) is 6.20 Å². The normalized spacial score (nSPS) is 14.5. The molecule has 3 aromatic carbocycles. The minimum absolute atomic E-state index is 0.251. The maximum absolute atomic E-state index is 15.2. The molecule has 3 heteroatoms. The Hall–Kier alpha value is -3.46. The molecule has 0 amide bonds. The minimum atomic E-state index is -0.251. The van der Waals surface area contributed by atoms with E-state index in [1.54, 1.807) is 6.07 Å². The average molecular weight is 437 g/mol. The topological polar surface area (TPSA) is 17.0 Å². The Kier molecular flexibility index (Phi) is 4.79. The Morgan fingerprint density at radius 2 is 1.52 bits per heavy atom. The highest BCUT2D eigenvalue weighted by molar-refractivity contribution is 6.13. The van der Waals surface area contributed by atoms with Crippen LogP contribution in [0.1, 0.15) is 42.7 Å². The van der Waals surface area contributed by atoms with Crippen molar-refractivity contribution in [3.63, 3.8) is 0 Å². The van der Waals surface area contributed by atoms with E-state index in [9.17, 15) is 0 Å². The van der Waals surface area contributed by atoms with Crippen molar-refractivity contribution in [2.24, 2.45) is 7.05 Å². The van der Waals surface area contributed by atoms with E-state index in [1.807, 2.05) is 31.4 Å². The fraction of sp³-hybridized carbons (Fsp3) is 0.233. The first-order valence-electron chi connectivity index (χ1n) is 11.8. The Balaban J connectivity index is 1.57. The van der Waals surface area contributed by atoms with Gasteiger partial charge in [-0.2, -0.15) is 0 Å². The molecule has 0 atom stereocenters. The lowest BCUT2D eigenvalue weighted by molar-refractivity contribution is -0.660. The maximum Gasteiger partial charge on any atom is 0.216 e. The predicted molar refractivity (Wildman–Crippen MR) is 132 cm³/mol. The Bertz CT molecular complexity index is 1490. The summed E-state index contributed by atoms with van der Waals surface area (Å²) in [4.78, 5) is 0. The number of aromatic nitrogens is 1. The third-order valence-corrected chi connectivity index (χ3v) is 7.30. The van der Waals surface area contributed by atoms with Crippen LogP contribution in [-0.4, -0.2) is 0 Å². The molecular weight excluding hydrogens is 409 g/mol. The van der Waals surface area contributed by atoms with Crippen LogP contribution in [0.15, 0.2) is 77.3 Å². The largest absolute Gasteiger partial charge is 0.454 e. The second-order valence-electron chi connectivity index (χ2n) is 9.34. The third-order valence-electron chi connectivity index (χ3n) is 7.30. The summed E-state index contributed by atoms with van der Waals surface area (Å²) in [7, 11) is 2.03. The summed E-state index contributed by atoms with van der Waals surface area (Å²) in [5.41, 5.74) is 7.45. The smallest absolute Gasteiger partial charge is 0.216 e. The molecule has 0 radical (unpaired) electrons. The zero-order chi connectivity index (χ0) is 22.5. The number of furan rings is 1. The van der Waals surface area contributed by atoms with Crippen LogP contribution in [0.25, 0.3) is 44.3 Å². The van der Waals surface area contributed by atoms with Gasteiger partial charge in [0.2, 0.25) is 5.69 Å². The zero-order valence-corrected chi connectivity index (χ0v) is 19.1. The van der Waals surface area contributed by atoms with Gasteiger partial charge in [-0.25, -0.2) is 8.96 Å². The summed E-state index contributed by atoms with van der Waals surface area (Å²) in [5, 5.41) is 1.96. The van der Waals surface area contributed by atoms with Crippen LogP contribution >= 0.6 is 0 Å². The number of benzene rings is 3. The van der Waals surface area contributed by atoms with Gasteiger partial charge in [-0.05, 0) is 60.6 Å². The predicted octanol–water partition coefficient (Wildman–Crippen LogP) is 7.85. The molecule has 1 aliphatic carbocycles. The lowest BCUT2D eigenvalue weighted by Gasteiger charge is -2.11. The quantitative estimate of drug-likeness (QED) is 0.263. The van der Waals surface area contributed by atoms with Crippen molar-refractivity contribution in [1.29, 1.82) is 0 Å².